The van der Waals surface area contributed by atoms with Gasteiger partial charge < -0.3 is 4.90 Å². The maximum atomic E-state index is 13.0. The highest BCUT2D eigenvalue weighted by Crippen LogP contribution is 2.50. The summed E-state index contributed by atoms with van der Waals surface area (Å²) in [5, 5.41) is 0. The molecule has 0 amide bonds. The largest absolute Gasteiger partial charge is 0.416 e. The Balaban J connectivity index is 1.79. The number of fused-ring (bicyclic) bond motifs is 3. The van der Waals surface area contributed by atoms with Gasteiger partial charge in [0.15, 0.2) is 0 Å². The van der Waals surface area contributed by atoms with Gasteiger partial charge in [-0.3, -0.25) is 0 Å². The van der Waals surface area contributed by atoms with Crippen molar-refractivity contribution in [3.63, 3.8) is 0 Å². The molecule has 1 nitrogen and oxygen atoms in total. The fourth-order valence-corrected chi connectivity index (χ4v) is 4.40. The number of anilines is 2. The fraction of sp³-hybridized carbons (Fsp3) is 0.280. The van der Waals surface area contributed by atoms with Gasteiger partial charge >= 0.3 is 6.18 Å². The Morgan fingerprint density at radius 2 is 1.34 bits per heavy atom. The molecule has 29 heavy (non-hydrogen) atoms. The molecule has 0 bridgehead atoms. The predicted molar refractivity (Wildman–Crippen MR) is 113 cm³/mol. The van der Waals surface area contributed by atoms with Crippen molar-refractivity contribution in [3.05, 3.63) is 83.4 Å². The maximum Gasteiger partial charge on any atom is 0.416 e. The summed E-state index contributed by atoms with van der Waals surface area (Å²) in [5.74, 6) is 0. The molecule has 0 fully saturated rings. The van der Waals surface area contributed by atoms with Crippen molar-refractivity contribution in [2.24, 2.45) is 0 Å². The van der Waals surface area contributed by atoms with Gasteiger partial charge in [-0.1, -0.05) is 44.2 Å². The van der Waals surface area contributed by atoms with Gasteiger partial charge in [-0.15, -0.1) is 0 Å². The monoisotopic (exact) mass is 395 g/mol. The second-order valence-electron chi connectivity index (χ2n) is 8.41. The summed E-state index contributed by atoms with van der Waals surface area (Å²) in [5.41, 5.74) is 6.02. The zero-order valence-electron chi connectivity index (χ0n) is 17.0. The second kappa shape index (κ2) is 6.65. The molecule has 0 N–H and O–H groups in total. The average molecular weight is 395 g/mol. The minimum absolute atomic E-state index is 0.0941. The van der Waals surface area contributed by atoms with Crippen LogP contribution in [0.2, 0.25) is 0 Å². The molecule has 0 unspecified atom stereocenters. The van der Waals surface area contributed by atoms with Gasteiger partial charge in [0.2, 0.25) is 0 Å². The van der Waals surface area contributed by atoms with E-state index in [9.17, 15) is 13.2 Å². The highest BCUT2D eigenvalue weighted by Gasteiger charge is 2.36. The van der Waals surface area contributed by atoms with Crippen molar-refractivity contribution in [2.75, 3.05) is 4.90 Å². The SMILES string of the molecule is CC(C)N(c1ccc(C(F)(F)F)cc1)c1ccc2c(c1)C(C)(C)c1ccccc1-2. The lowest BCUT2D eigenvalue weighted by atomic mass is 9.82. The summed E-state index contributed by atoms with van der Waals surface area (Å²) in [6, 6.07) is 20.3. The summed E-state index contributed by atoms with van der Waals surface area (Å²) < 4.78 is 38.9. The van der Waals surface area contributed by atoms with Crippen molar-refractivity contribution < 1.29 is 13.2 Å². The first-order valence-corrected chi connectivity index (χ1v) is 9.81. The molecule has 1 aliphatic carbocycles. The van der Waals surface area contributed by atoms with Crippen molar-refractivity contribution in [1.82, 2.24) is 0 Å². The Bertz CT molecular complexity index is 1050. The second-order valence-corrected chi connectivity index (χ2v) is 8.41. The van der Waals surface area contributed by atoms with Crippen LogP contribution in [0.4, 0.5) is 24.5 Å². The number of benzene rings is 3. The molecule has 0 saturated heterocycles. The first kappa shape index (κ1) is 19.6. The van der Waals surface area contributed by atoms with Gasteiger partial charge in [-0.2, -0.15) is 13.2 Å². The average Bonchev–Trinajstić information content (AvgIpc) is 2.89. The summed E-state index contributed by atoms with van der Waals surface area (Å²) in [7, 11) is 0. The molecule has 1 aliphatic rings. The maximum absolute atomic E-state index is 13.0. The first-order valence-electron chi connectivity index (χ1n) is 9.81. The molecule has 4 heteroatoms. The van der Waals surface area contributed by atoms with Gasteiger partial charge in [0.1, 0.15) is 0 Å². The van der Waals surface area contributed by atoms with E-state index in [1.165, 1.54) is 22.3 Å². The summed E-state index contributed by atoms with van der Waals surface area (Å²) >= 11 is 0. The quantitative estimate of drug-likeness (QED) is 0.442. The van der Waals surface area contributed by atoms with Crippen LogP contribution in [0.25, 0.3) is 11.1 Å². The summed E-state index contributed by atoms with van der Waals surface area (Å²) in [6.07, 6.45) is -4.33. The fourth-order valence-electron chi connectivity index (χ4n) is 4.40. The zero-order chi connectivity index (χ0) is 21.0. The normalized spacial score (nSPS) is 14.6. The van der Waals surface area contributed by atoms with Crippen molar-refractivity contribution >= 4 is 11.4 Å². The van der Waals surface area contributed by atoms with Crippen LogP contribution in [-0.2, 0) is 11.6 Å². The first-order chi connectivity index (χ1) is 13.6. The van der Waals surface area contributed by atoms with Crippen LogP contribution in [0.5, 0.6) is 0 Å². The van der Waals surface area contributed by atoms with E-state index in [-0.39, 0.29) is 11.5 Å². The van der Waals surface area contributed by atoms with E-state index >= 15 is 0 Å². The molecule has 0 spiro atoms. The van der Waals surface area contributed by atoms with Crippen molar-refractivity contribution in [2.45, 2.75) is 45.3 Å². The Kier molecular flexibility index (Phi) is 4.49. The number of nitrogens with zero attached hydrogens (tertiary/aromatic N) is 1. The van der Waals surface area contributed by atoms with Gasteiger partial charge in [0, 0.05) is 22.8 Å². The number of hydrogen-bond donors (Lipinski definition) is 0. The van der Waals surface area contributed by atoms with Crippen molar-refractivity contribution in [3.8, 4) is 11.1 Å². The Morgan fingerprint density at radius 3 is 1.97 bits per heavy atom. The molecule has 0 atom stereocenters. The lowest BCUT2D eigenvalue weighted by molar-refractivity contribution is -0.137. The van der Waals surface area contributed by atoms with E-state index < -0.39 is 11.7 Å². The van der Waals surface area contributed by atoms with Gasteiger partial charge in [-0.05, 0) is 72.5 Å². The standard InChI is InChI=1S/C25H24F3N/c1-16(2)29(18-11-9-17(10-12-18)25(26,27)28)19-13-14-21-20-7-5-6-8-22(20)24(3,4)23(21)15-19/h5-16H,1-4H3. The molecule has 0 aromatic heterocycles. The zero-order valence-corrected chi connectivity index (χ0v) is 17.0. The molecule has 0 radical (unpaired) electrons. The molecule has 4 rings (SSSR count). The third-order valence-electron chi connectivity index (χ3n) is 5.83. The number of alkyl halides is 3. The molecule has 0 aliphatic heterocycles. The molecule has 150 valence electrons. The number of halogens is 3. The number of hydrogen-bond acceptors (Lipinski definition) is 1. The number of rotatable bonds is 3. The smallest absolute Gasteiger partial charge is 0.339 e. The minimum Gasteiger partial charge on any atom is -0.339 e. The third kappa shape index (κ3) is 3.21. The van der Waals surface area contributed by atoms with Crippen molar-refractivity contribution in [1.29, 1.82) is 0 Å². The van der Waals surface area contributed by atoms with Gasteiger partial charge in [0.05, 0.1) is 5.56 Å². The van der Waals surface area contributed by atoms with Crippen LogP contribution in [0.15, 0.2) is 66.7 Å². The van der Waals surface area contributed by atoms with E-state index in [2.05, 4.69) is 61.2 Å². The molecule has 0 heterocycles. The highest BCUT2D eigenvalue weighted by atomic mass is 19.4. The van der Waals surface area contributed by atoms with E-state index in [0.717, 1.165) is 23.5 Å². The topological polar surface area (TPSA) is 3.24 Å². The molecular formula is C25H24F3N. The third-order valence-corrected chi connectivity index (χ3v) is 5.83. The lowest BCUT2D eigenvalue weighted by Crippen LogP contribution is -2.26. The predicted octanol–water partition coefficient (Wildman–Crippen LogP) is 7.56. The van der Waals surface area contributed by atoms with E-state index in [0.29, 0.717) is 0 Å². The van der Waals surface area contributed by atoms with Crippen LogP contribution in [-0.4, -0.2) is 6.04 Å². The molecule has 3 aromatic carbocycles. The van der Waals surface area contributed by atoms with Crippen LogP contribution in [0.3, 0.4) is 0 Å². The van der Waals surface area contributed by atoms with Crippen LogP contribution in [0.1, 0.15) is 44.4 Å². The van der Waals surface area contributed by atoms with Crippen LogP contribution >= 0.6 is 0 Å². The molecule has 0 saturated carbocycles. The van der Waals surface area contributed by atoms with Crippen LogP contribution < -0.4 is 4.90 Å². The molecular weight excluding hydrogens is 371 g/mol. The lowest BCUT2D eigenvalue weighted by Gasteiger charge is -2.31. The van der Waals surface area contributed by atoms with E-state index in [4.69, 9.17) is 0 Å². The highest BCUT2D eigenvalue weighted by molar-refractivity contribution is 5.83. The molecule has 3 aromatic rings. The summed E-state index contributed by atoms with van der Waals surface area (Å²) in [4.78, 5) is 2.08. The summed E-state index contributed by atoms with van der Waals surface area (Å²) in [6.45, 7) is 8.54. The Hall–Kier alpha value is -2.75. The Morgan fingerprint density at radius 1 is 0.759 bits per heavy atom. The van der Waals surface area contributed by atoms with Gasteiger partial charge in [-0.25, -0.2) is 0 Å². The Labute approximate surface area is 169 Å². The van der Waals surface area contributed by atoms with Gasteiger partial charge in [0.25, 0.3) is 0 Å². The van der Waals surface area contributed by atoms with E-state index in [1.807, 2.05) is 13.8 Å². The minimum atomic E-state index is -4.33. The van der Waals surface area contributed by atoms with E-state index in [1.54, 1.807) is 12.1 Å². The van der Waals surface area contributed by atoms with Crippen LogP contribution in [0, 0.1) is 0 Å².